The molecule has 1 aromatic rings. The van der Waals surface area contributed by atoms with Crippen LogP contribution in [0.5, 0.6) is 0 Å². The Kier molecular flexibility index (Phi) is 4.23. The number of halogens is 1. The Balaban J connectivity index is 2.07. The fourth-order valence-corrected chi connectivity index (χ4v) is 3.22. The number of rotatable bonds is 3. The van der Waals surface area contributed by atoms with E-state index in [1.54, 1.807) is 0 Å². The Morgan fingerprint density at radius 1 is 1.44 bits per heavy atom. The van der Waals surface area contributed by atoms with Gasteiger partial charge in [-0.2, -0.15) is 0 Å². The number of thioether (sulfide) groups is 1. The van der Waals surface area contributed by atoms with Crippen molar-refractivity contribution in [3.63, 3.8) is 0 Å². The minimum Gasteiger partial charge on any atom is -0.359 e. The van der Waals surface area contributed by atoms with Gasteiger partial charge in [0.05, 0.1) is 6.04 Å². The van der Waals surface area contributed by atoms with Crippen LogP contribution in [-0.2, 0) is 0 Å². The lowest BCUT2D eigenvalue weighted by molar-refractivity contribution is 0.465. The Hall–Kier alpha value is -0.670. The van der Waals surface area contributed by atoms with Gasteiger partial charge in [-0.15, -0.1) is 0 Å². The van der Waals surface area contributed by atoms with E-state index in [2.05, 4.69) is 26.1 Å². The van der Waals surface area contributed by atoms with Crippen LogP contribution in [0.15, 0.2) is 29.3 Å². The minimum atomic E-state index is 0.163. The number of amidine groups is 1. The average molecular weight is 283 g/mol. The monoisotopic (exact) mass is 282 g/mol. The van der Waals surface area contributed by atoms with E-state index >= 15 is 0 Å². The highest BCUT2D eigenvalue weighted by Gasteiger charge is 2.30. The van der Waals surface area contributed by atoms with Crippen molar-refractivity contribution in [2.24, 2.45) is 4.99 Å². The van der Waals surface area contributed by atoms with Crippen molar-refractivity contribution >= 4 is 28.5 Å². The summed E-state index contributed by atoms with van der Waals surface area (Å²) in [6.07, 6.45) is 1.12. The van der Waals surface area contributed by atoms with Gasteiger partial charge in [0, 0.05) is 16.3 Å². The largest absolute Gasteiger partial charge is 0.359 e. The van der Waals surface area contributed by atoms with E-state index < -0.39 is 0 Å². The third-order valence-electron chi connectivity index (χ3n) is 3.38. The predicted molar refractivity (Wildman–Crippen MR) is 81.6 cm³/mol. The number of hydrogen-bond acceptors (Lipinski definition) is 2. The van der Waals surface area contributed by atoms with Crippen molar-refractivity contribution in [2.45, 2.75) is 38.8 Å². The molecule has 2 rings (SSSR count). The zero-order chi connectivity index (χ0) is 13.2. The molecule has 1 aliphatic rings. The highest BCUT2D eigenvalue weighted by Crippen LogP contribution is 2.28. The molecule has 0 spiro atoms. The fraction of sp³-hybridized carbons (Fsp3) is 0.500. The lowest BCUT2D eigenvalue weighted by Gasteiger charge is -2.21. The molecule has 1 aromatic carbocycles. The van der Waals surface area contributed by atoms with E-state index in [9.17, 15) is 0 Å². The summed E-state index contributed by atoms with van der Waals surface area (Å²) in [6, 6.07) is 8.07. The maximum absolute atomic E-state index is 5.89. The maximum Gasteiger partial charge on any atom is 0.157 e. The molecular weight excluding hydrogens is 264 g/mol. The second-order valence-electron chi connectivity index (χ2n) is 4.99. The summed E-state index contributed by atoms with van der Waals surface area (Å²) in [5.41, 5.74) is 1.39. The molecule has 1 saturated heterocycles. The standard InChI is InChI=1S/C14H19ClN2S/c1-4-14(3)9-18-13(17-14)16-10(2)11-5-7-12(15)8-6-11/h5-8,10H,4,9H2,1-3H3,(H,16,17). The predicted octanol–water partition coefficient (Wildman–Crippen LogP) is 4.26. The Morgan fingerprint density at radius 3 is 2.67 bits per heavy atom. The van der Waals surface area contributed by atoms with E-state index in [4.69, 9.17) is 16.6 Å². The zero-order valence-corrected chi connectivity index (χ0v) is 12.6. The van der Waals surface area contributed by atoms with Gasteiger partial charge in [0.1, 0.15) is 0 Å². The molecule has 18 heavy (non-hydrogen) atoms. The van der Waals surface area contributed by atoms with Gasteiger partial charge in [0.2, 0.25) is 0 Å². The third-order valence-corrected chi connectivity index (χ3v) is 4.89. The van der Waals surface area contributed by atoms with Gasteiger partial charge in [-0.05, 0) is 38.0 Å². The molecule has 0 aromatic heterocycles. The molecular formula is C14H19ClN2S. The van der Waals surface area contributed by atoms with Crippen LogP contribution in [0.25, 0.3) is 0 Å². The first-order chi connectivity index (χ1) is 8.52. The van der Waals surface area contributed by atoms with Crippen molar-refractivity contribution < 1.29 is 0 Å². The zero-order valence-electron chi connectivity index (χ0n) is 11.0. The molecule has 0 radical (unpaired) electrons. The van der Waals surface area contributed by atoms with Crippen LogP contribution in [0.1, 0.15) is 38.8 Å². The number of nitrogens with one attached hydrogen (secondary N) is 1. The average Bonchev–Trinajstić information content (AvgIpc) is 2.72. The van der Waals surface area contributed by atoms with Gasteiger partial charge in [0.15, 0.2) is 5.17 Å². The molecule has 98 valence electrons. The summed E-state index contributed by atoms with van der Waals surface area (Å²) in [5.74, 6) is 1.09. The number of hydrogen-bond donors (Lipinski definition) is 1. The van der Waals surface area contributed by atoms with Crippen LogP contribution < -0.4 is 5.32 Å². The van der Waals surface area contributed by atoms with Gasteiger partial charge >= 0.3 is 0 Å². The second-order valence-corrected chi connectivity index (χ2v) is 6.39. The Morgan fingerprint density at radius 2 is 2.11 bits per heavy atom. The summed E-state index contributed by atoms with van der Waals surface area (Å²) >= 11 is 7.70. The first-order valence-electron chi connectivity index (χ1n) is 6.27. The highest BCUT2D eigenvalue weighted by atomic mass is 35.5. The molecule has 4 heteroatoms. The van der Waals surface area contributed by atoms with E-state index in [-0.39, 0.29) is 11.6 Å². The van der Waals surface area contributed by atoms with Crippen LogP contribution in [0.2, 0.25) is 5.02 Å². The third kappa shape index (κ3) is 3.21. The van der Waals surface area contributed by atoms with Crippen LogP contribution in [-0.4, -0.2) is 16.5 Å². The molecule has 2 atom stereocenters. The van der Waals surface area contributed by atoms with Crippen LogP contribution in [0.4, 0.5) is 0 Å². The quantitative estimate of drug-likeness (QED) is 0.896. The van der Waals surface area contributed by atoms with Gasteiger partial charge in [-0.25, -0.2) is 0 Å². The molecule has 1 heterocycles. The van der Waals surface area contributed by atoms with Gasteiger partial charge in [0.25, 0.3) is 0 Å². The molecule has 0 bridgehead atoms. The van der Waals surface area contributed by atoms with Crippen molar-refractivity contribution in [3.8, 4) is 0 Å². The van der Waals surface area contributed by atoms with Gasteiger partial charge in [-0.1, -0.05) is 42.4 Å². The molecule has 1 fully saturated rings. The molecule has 2 nitrogen and oxygen atoms in total. The number of aliphatic imine (C=N–C) groups is 1. The highest BCUT2D eigenvalue weighted by molar-refractivity contribution is 8.14. The lowest BCUT2D eigenvalue weighted by atomic mass is 10.0. The second kappa shape index (κ2) is 5.54. The van der Waals surface area contributed by atoms with Crippen molar-refractivity contribution in [1.82, 2.24) is 5.32 Å². The number of benzene rings is 1. The Labute approximate surface area is 118 Å². The molecule has 2 unspecified atom stereocenters. The van der Waals surface area contributed by atoms with Crippen LogP contribution >= 0.6 is 23.4 Å². The summed E-state index contributed by atoms with van der Waals surface area (Å²) in [4.78, 5) is 4.74. The molecule has 0 saturated carbocycles. The SMILES string of the molecule is CCC1(C)CSC(=NC(C)c2ccc(Cl)cc2)N1. The van der Waals surface area contributed by atoms with Crippen molar-refractivity contribution in [2.75, 3.05) is 5.75 Å². The summed E-state index contributed by atoms with van der Waals surface area (Å²) < 4.78 is 0. The van der Waals surface area contributed by atoms with Gasteiger partial charge < -0.3 is 5.32 Å². The lowest BCUT2D eigenvalue weighted by Crippen LogP contribution is -2.39. The minimum absolute atomic E-state index is 0.163. The Bertz CT molecular complexity index is 444. The van der Waals surface area contributed by atoms with E-state index in [1.165, 1.54) is 5.56 Å². The summed E-state index contributed by atoms with van der Waals surface area (Å²) in [7, 11) is 0. The van der Waals surface area contributed by atoms with Gasteiger partial charge in [-0.3, -0.25) is 4.99 Å². The fourth-order valence-electron chi connectivity index (χ4n) is 1.81. The van der Waals surface area contributed by atoms with Crippen LogP contribution in [0.3, 0.4) is 0 Å². The van der Waals surface area contributed by atoms with E-state index in [0.29, 0.717) is 0 Å². The smallest absolute Gasteiger partial charge is 0.157 e. The topological polar surface area (TPSA) is 24.4 Å². The van der Waals surface area contributed by atoms with Crippen molar-refractivity contribution in [3.05, 3.63) is 34.9 Å². The first kappa shape index (κ1) is 13.8. The van der Waals surface area contributed by atoms with E-state index in [1.807, 2.05) is 36.0 Å². The summed E-state index contributed by atoms with van der Waals surface area (Å²) in [6.45, 7) is 6.56. The molecule has 1 N–H and O–H groups in total. The first-order valence-corrected chi connectivity index (χ1v) is 7.63. The molecule has 0 amide bonds. The summed E-state index contributed by atoms with van der Waals surface area (Å²) in [5, 5.41) is 5.34. The van der Waals surface area contributed by atoms with Crippen molar-refractivity contribution in [1.29, 1.82) is 0 Å². The maximum atomic E-state index is 5.89. The van der Waals surface area contributed by atoms with Crippen LogP contribution in [0, 0.1) is 0 Å². The normalized spacial score (nSPS) is 27.2. The number of nitrogens with zero attached hydrogens (tertiary/aromatic N) is 1. The molecule has 1 aliphatic heterocycles. The van der Waals surface area contributed by atoms with E-state index in [0.717, 1.165) is 22.4 Å². The molecule has 0 aliphatic carbocycles.